The van der Waals surface area contributed by atoms with Gasteiger partial charge in [-0.3, -0.25) is 9.36 Å². The van der Waals surface area contributed by atoms with Gasteiger partial charge in [0.1, 0.15) is 6.04 Å². The first-order valence-corrected chi connectivity index (χ1v) is 5.81. The van der Waals surface area contributed by atoms with E-state index in [0.717, 1.165) is 18.2 Å². The van der Waals surface area contributed by atoms with Crippen molar-refractivity contribution in [3.05, 3.63) is 10.5 Å². The summed E-state index contributed by atoms with van der Waals surface area (Å²) in [6, 6.07) is -0.952. The highest BCUT2D eigenvalue weighted by Gasteiger charge is 2.14. The number of aliphatic carboxylic acids is 1. The van der Waals surface area contributed by atoms with Crippen LogP contribution >= 0.6 is 11.8 Å². The van der Waals surface area contributed by atoms with Crippen LogP contribution in [0.5, 0.6) is 0 Å². The highest BCUT2D eigenvalue weighted by molar-refractivity contribution is 7.99. The lowest BCUT2D eigenvalue weighted by Gasteiger charge is -2.06. The SMILES string of the molecule is CCCn1c(SCC(N)C(=O)O)n[nH]c1=O. The van der Waals surface area contributed by atoms with Crippen molar-refractivity contribution in [3.63, 3.8) is 0 Å². The van der Waals surface area contributed by atoms with Gasteiger partial charge in [0.05, 0.1) is 0 Å². The van der Waals surface area contributed by atoms with Crippen molar-refractivity contribution in [1.29, 1.82) is 0 Å². The quantitative estimate of drug-likeness (QED) is 0.582. The van der Waals surface area contributed by atoms with Crippen LogP contribution in [0.2, 0.25) is 0 Å². The fourth-order valence-corrected chi connectivity index (χ4v) is 1.98. The van der Waals surface area contributed by atoms with Crippen molar-refractivity contribution < 1.29 is 9.90 Å². The lowest BCUT2D eigenvalue weighted by Crippen LogP contribution is -2.32. The molecule has 0 aliphatic rings. The molecule has 8 heteroatoms. The van der Waals surface area contributed by atoms with E-state index in [4.69, 9.17) is 10.8 Å². The molecule has 4 N–H and O–H groups in total. The lowest BCUT2D eigenvalue weighted by atomic mass is 10.4. The minimum atomic E-state index is -1.06. The third kappa shape index (κ3) is 3.11. The second-order valence-electron chi connectivity index (χ2n) is 3.22. The number of hydrogen-bond donors (Lipinski definition) is 3. The number of aromatic nitrogens is 3. The fourth-order valence-electron chi connectivity index (χ4n) is 1.07. The molecule has 0 spiro atoms. The number of H-pyrrole nitrogens is 1. The molecule has 1 atom stereocenters. The van der Waals surface area contributed by atoms with Gasteiger partial charge in [-0.2, -0.15) is 0 Å². The molecule has 1 aromatic rings. The summed E-state index contributed by atoms with van der Waals surface area (Å²) in [7, 11) is 0. The van der Waals surface area contributed by atoms with Gasteiger partial charge >= 0.3 is 11.7 Å². The van der Waals surface area contributed by atoms with Crippen molar-refractivity contribution in [2.45, 2.75) is 31.1 Å². The van der Waals surface area contributed by atoms with E-state index in [1.807, 2.05) is 6.92 Å². The molecule has 16 heavy (non-hydrogen) atoms. The minimum absolute atomic E-state index is 0.184. The van der Waals surface area contributed by atoms with Crippen LogP contribution in [0.25, 0.3) is 0 Å². The molecule has 0 saturated carbocycles. The fraction of sp³-hybridized carbons (Fsp3) is 0.625. The number of thioether (sulfide) groups is 1. The van der Waals surface area contributed by atoms with Gasteiger partial charge in [0.2, 0.25) is 0 Å². The second kappa shape index (κ2) is 5.71. The van der Waals surface area contributed by atoms with Crippen LogP contribution in [0, 0.1) is 0 Å². The number of carboxylic acids is 1. The van der Waals surface area contributed by atoms with E-state index in [9.17, 15) is 9.59 Å². The predicted octanol–water partition coefficient (Wildman–Crippen LogP) is -0.515. The Hall–Kier alpha value is -1.28. The lowest BCUT2D eigenvalue weighted by molar-refractivity contribution is -0.137. The zero-order valence-electron chi connectivity index (χ0n) is 8.84. The number of carbonyl (C=O) groups is 1. The Balaban J connectivity index is 2.67. The molecule has 1 heterocycles. The monoisotopic (exact) mass is 246 g/mol. The minimum Gasteiger partial charge on any atom is -0.480 e. The van der Waals surface area contributed by atoms with Crippen LogP contribution in [0.4, 0.5) is 0 Å². The largest absolute Gasteiger partial charge is 0.480 e. The Morgan fingerprint density at radius 1 is 1.75 bits per heavy atom. The molecule has 0 aliphatic carbocycles. The van der Waals surface area contributed by atoms with Crippen molar-refractivity contribution >= 4 is 17.7 Å². The summed E-state index contributed by atoms with van der Waals surface area (Å²) in [5, 5.41) is 15.2. The van der Waals surface area contributed by atoms with Crippen LogP contribution < -0.4 is 11.4 Å². The highest BCUT2D eigenvalue weighted by Crippen LogP contribution is 2.13. The van der Waals surface area contributed by atoms with E-state index in [1.165, 1.54) is 4.57 Å². The molecular formula is C8H14N4O3S. The van der Waals surface area contributed by atoms with Crippen LogP contribution in [0.15, 0.2) is 9.95 Å². The molecular weight excluding hydrogens is 232 g/mol. The number of nitrogens with two attached hydrogens (primary N) is 1. The third-order valence-corrected chi connectivity index (χ3v) is 2.98. The highest BCUT2D eigenvalue weighted by atomic mass is 32.2. The van der Waals surface area contributed by atoms with E-state index < -0.39 is 12.0 Å². The van der Waals surface area contributed by atoms with Gasteiger partial charge in [-0.25, -0.2) is 9.89 Å². The molecule has 0 fully saturated rings. The average molecular weight is 246 g/mol. The summed E-state index contributed by atoms with van der Waals surface area (Å²) in [5.74, 6) is -0.879. The molecule has 90 valence electrons. The first-order valence-electron chi connectivity index (χ1n) is 4.82. The Kier molecular flexibility index (Phi) is 4.56. The first-order chi connectivity index (χ1) is 7.56. The number of nitrogens with zero attached hydrogens (tertiary/aromatic N) is 2. The molecule has 0 aliphatic heterocycles. The number of carboxylic acid groups (broad SMARTS) is 1. The van der Waals surface area contributed by atoms with Gasteiger partial charge < -0.3 is 10.8 Å². The number of nitrogens with one attached hydrogen (secondary N) is 1. The summed E-state index contributed by atoms with van der Waals surface area (Å²) >= 11 is 1.16. The van der Waals surface area contributed by atoms with Crippen LogP contribution in [0.1, 0.15) is 13.3 Å². The van der Waals surface area contributed by atoms with Gasteiger partial charge in [0, 0.05) is 12.3 Å². The van der Waals surface area contributed by atoms with E-state index >= 15 is 0 Å². The van der Waals surface area contributed by atoms with Crippen LogP contribution in [-0.4, -0.2) is 37.6 Å². The smallest absolute Gasteiger partial charge is 0.343 e. The average Bonchev–Trinajstić information content (AvgIpc) is 2.58. The maximum atomic E-state index is 11.3. The summed E-state index contributed by atoms with van der Waals surface area (Å²) in [5.41, 5.74) is 5.07. The van der Waals surface area contributed by atoms with Crippen LogP contribution in [0.3, 0.4) is 0 Å². The van der Waals surface area contributed by atoms with E-state index in [-0.39, 0.29) is 11.4 Å². The topological polar surface area (TPSA) is 114 Å². The molecule has 0 radical (unpaired) electrons. The van der Waals surface area contributed by atoms with Crippen molar-refractivity contribution in [2.24, 2.45) is 5.73 Å². The molecule has 1 rings (SSSR count). The molecule has 0 amide bonds. The Morgan fingerprint density at radius 3 is 3.00 bits per heavy atom. The summed E-state index contributed by atoms with van der Waals surface area (Å²) in [6.07, 6.45) is 0.804. The van der Waals surface area contributed by atoms with Gasteiger partial charge in [-0.1, -0.05) is 18.7 Å². The summed E-state index contributed by atoms with van der Waals surface area (Å²) < 4.78 is 1.47. The first kappa shape index (κ1) is 12.8. The Morgan fingerprint density at radius 2 is 2.44 bits per heavy atom. The zero-order chi connectivity index (χ0) is 12.1. The van der Waals surface area contributed by atoms with Crippen molar-refractivity contribution in [3.8, 4) is 0 Å². The number of aromatic amines is 1. The predicted molar refractivity (Wildman–Crippen MR) is 59.5 cm³/mol. The molecule has 0 aromatic carbocycles. The van der Waals surface area contributed by atoms with Gasteiger partial charge in [0.25, 0.3) is 0 Å². The number of rotatable bonds is 6. The van der Waals surface area contributed by atoms with Crippen molar-refractivity contribution in [1.82, 2.24) is 14.8 Å². The standard InChI is InChI=1S/C8H14N4O3S/c1-2-3-12-7(15)10-11-8(12)16-4-5(9)6(13)14/h5H,2-4,9H2,1H3,(H,10,15)(H,13,14). The summed E-state index contributed by atoms with van der Waals surface area (Å²) in [4.78, 5) is 21.8. The van der Waals surface area contributed by atoms with E-state index in [1.54, 1.807) is 0 Å². The molecule has 0 saturated heterocycles. The van der Waals surface area contributed by atoms with Crippen molar-refractivity contribution in [2.75, 3.05) is 5.75 Å². The third-order valence-electron chi connectivity index (χ3n) is 1.88. The van der Waals surface area contributed by atoms with E-state index in [0.29, 0.717) is 11.7 Å². The molecule has 1 unspecified atom stereocenters. The zero-order valence-corrected chi connectivity index (χ0v) is 9.66. The van der Waals surface area contributed by atoms with Gasteiger partial charge in [-0.05, 0) is 6.42 Å². The van der Waals surface area contributed by atoms with Gasteiger partial charge in [-0.15, -0.1) is 5.10 Å². The maximum absolute atomic E-state index is 11.3. The summed E-state index contributed by atoms with van der Waals surface area (Å²) in [6.45, 7) is 2.50. The van der Waals surface area contributed by atoms with E-state index in [2.05, 4.69) is 10.2 Å². The molecule has 1 aromatic heterocycles. The Labute approximate surface area is 96.0 Å². The van der Waals surface area contributed by atoms with Crippen LogP contribution in [-0.2, 0) is 11.3 Å². The Bertz CT molecular complexity index is 414. The normalized spacial score (nSPS) is 12.6. The second-order valence-corrected chi connectivity index (χ2v) is 4.21. The maximum Gasteiger partial charge on any atom is 0.343 e. The number of hydrogen-bond acceptors (Lipinski definition) is 5. The molecule has 7 nitrogen and oxygen atoms in total. The van der Waals surface area contributed by atoms with Gasteiger partial charge in [0.15, 0.2) is 5.16 Å². The molecule has 0 bridgehead atoms.